The van der Waals surface area contributed by atoms with Crippen molar-refractivity contribution in [2.45, 2.75) is 24.9 Å². The van der Waals surface area contributed by atoms with Crippen molar-refractivity contribution in [1.82, 2.24) is 19.5 Å². The number of nitro benzene ring substituents is 1. The first-order valence-corrected chi connectivity index (χ1v) is 8.39. The molecule has 2 aromatic heterocycles. The number of anilines is 2. The van der Waals surface area contributed by atoms with Gasteiger partial charge in [0.05, 0.1) is 24.0 Å². The number of imidazole rings is 1. The molecule has 12 nitrogen and oxygen atoms in total. The molecule has 0 bridgehead atoms. The number of nitrogens with one attached hydrogen (secondary N) is 2. The van der Waals surface area contributed by atoms with E-state index >= 15 is 0 Å². The van der Waals surface area contributed by atoms with Crippen LogP contribution in [0.1, 0.15) is 12.6 Å². The smallest absolute Gasteiger partial charge is 0.292 e. The Morgan fingerprint density at radius 2 is 2.21 bits per heavy atom. The summed E-state index contributed by atoms with van der Waals surface area (Å²) in [6.07, 6.45) is -0.713. The van der Waals surface area contributed by atoms with Crippen LogP contribution in [0.15, 0.2) is 35.4 Å². The maximum absolute atomic E-state index is 12.3. The van der Waals surface area contributed by atoms with Gasteiger partial charge >= 0.3 is 0 Å². The van der Waals surface area contributed by atoms with Crippen LogP contribution in [0, 0.1) is 10.1 Å². The normalized spacial score (nSPS) is 21.9. The van der Waals surface area contributed by atoms with Crippen LogP contribution in [-0.2, 0) is 4.74 Å². The Kier molecular flexibility index (Phi) is 4.50. The van der Waals surface area contributed by atoms with Gasteiger partial charge in [-0.1, -0.05) is 12.1 Å². The van der Waals surface area contributed by atoms with Crippen molar-refractivity contribution < 1.29 is 19.9 Å². The topological polar surface area (TPSA) is 168 Å². The minimum Gasteiger partial charge on any atom is -0.394 e. The Labute approximate surface area is 156 Å². The molecule has 0 spiro atoms. The third kappa shape index (κ3) is 3.09. The number of H-pyrrole nitrogens is 1. The molecule has 1 fully saturated rings. The molecule has 0 radical (unpaired) electrons. The van der Waals surface area contributed by atoms with Crippen LogP contribution in [0.3, 0.4) is 0 Å². The second-order valence-electron chi connectivity index (χ2n) is 6.25. The zero-order chi connectivity index (χ0) is 19.8. The van der Waals surface area contributed by atoms with Gasteiger partial charge in [-0.05, 0) is 6.07 Å². The number of fused-ring (bicyclic) bond motifs is 1. The van der Waals surface area contributed by atoms with E-state index in [2.05, 4.69) is 20.3 Å². The van der Waals surface area contributed by atoms with Crippen molar-refractivity contribution >= 4 is 28.5 Å². The van der Waals surface area contributed by atoms with Crippen LogP contribution in [0.5, 0.6) is 0 Å². The summed E-state index contributed by atoms with van der Waals surface area (Å²) < 4.78 is 7.07. The first-order valence-electron chi connectivity index (χ1n) is 8.39. The minimum absolute atomic E-state index is 0.00852. The Morgan fingerprint density at radius 3 is 2.93 bits per heavy atom. The first-order chi connectivity index (χ1) is 13.5. The summed E-state index contributed by atoms with van der Waals surface area (Å²) >= 11 is 0. The van der Waals surface area contributed by atoms with E-state index in [-0.39, 0.29) is 41.5 Å². The molecule has 3 atom stereocenters. The van der Waals surface area contributed by atoms with E-state index in [0.717, 1.165) is 0 Å². The molecule has 3 aromatic rings. The van der Waals surface area contributed by atoms with Crippen molar-refractivity contribution in [1.29, 1.82) is 0 Å². The highest BCUT2D eigenvalue weighted by Gasteiger charge is 2.35. The number of ether oxygens (including phenoxy) is 1. The number of benzene rings is 1. The highest BCUT2D eigenvalue weighted by molar-refractivity contribution is 5.73. The third-order valence-electron chi connectivity index (χ3n) is 4.48. The fourth-order valence-corrected chi connectivity index (χ4v) is 3.11. The van der Waals surface area contributed by atoms with E-state index in [9.17, 15) is 25.1 Å². The Balaban J connectivity index is 1.72. The molecule has 1 aliphatic heterocycles. The van der Waals surface area contributed by atoms with E-state index in [1.807, 2.05) is 0 Å². The maximum atomic E-state index is 12.3. The van der Waals surface area contributed by atoms with Crippen molar-refractivity contribution in [3.63, 3.8) is 0 Å². The van der Waals surface area contributed by atoms with Gasteiger partial charge in [0, 0.05) is 12.5 Å². The predicted octanol–water partition coefficient (Wildman–Crippen LogP) is 0.412. The van der Waals surface area contributed by atoms with Gasteiger partial charge in [0.15, 0.2) is 11.2 Å². The van der Waals surface area contributed by atoms with E-state index in [1.165, 1.54) is 29.1 Å². The lowest BCUT2D eigenvalue weighted by Gasteiger charge is -2.14. The molecular formula is C16H16N6O6. The molecule has 0 unspecified atom stereocenters. The molecule has 0 amide bonds. The molecule has 1 aromatic carbocycles. The lowest BCUT2D eigenvalue weighted by atomic mass is 10.2. The lowest BCUT2D eigenvalue weighted by Crippen LogP contribution is -2.24. The van der Waals surface area contributed by atoms with Gasteiger partial charge in [-0.3, -0.25) is 24.5 Å². The molecule has 0 saturated carbocycles. The quantitative estimate of drug-likeness (QED) is 0.357. The predicted molar refractivity (Wildman–Crippen MR) is 96.1 cm³/mol. The van der Waals surface area contributed by atoms with Crippen LogP contribution in [0.25, 0.3) is 11.2 Å². The summed E-state index contributed by atoms with van der Waals surface area (Å²) in [5.74, 6) is -0.00852. The van der Waals surface area contributed by atoms with Gasteiger partial charge in [0.2, 0.25) is 5.95 Å². The molecule has 1 aliphatic rings. The highest BCUT2D eigenvalue weighted by atomic mass is 16.6. The van der Waals surface area contributed by atoms with Gasteiger partial charge in [0.1, 0.15) is 18.0 Å². The zero-order valence-corrected chi connectivity index (χ0v) is 14.3. The van der Waals surface area contributed by atoms with Gasteiger partial charge in [-0.2, -0.15) is 4.98 Å². The van der Waals surface area contributed by atoms with E-state index in [4.69, 9.17) is 4.74 Å². The van der Waals surface area contributed by atoms with Gasteiger partial charge in [0.25, 0.3) is 11.2 Å². The van der Waals surface area contributed by atoms with E-state index < -0.39 is 28.9 Å². The van der Waals surface area contributed by atoms with Crippen LogP contribution >= 0.6 is 0 Å². The average Bonchev–Trinajstić information content (AvgIpc) is 3.25. The van der Waals surface area contributed by atoms with Gasteiger partial charge < -0.3 is 20.3 Å². The van der Waals surface area contributed by atoms with Gasteiger partial charge in [-0.15, -0.1) is 0 Å². The fraction of sp³-hybridized carbons (Fsp3) is 0.312. The molecule has 1 saturated heterocycles. The average molecular weight is 388 g/mol. The number of rotatable bonds is 5. The summed E-state index contributed by atoms with van der Waals surface area (Å²) in [4.78, 5) is 33.8. The number of nitrogens with zero attached hydrogens (tertiary/aromatic N) is 4. The van der Waals surface area contributed by atoms with Crippen LogP contribution in [0.2, 0.25) is 0 Å². The van der Waals surface area contributed by atoms with E-state index in [1.54, 1.807) is 6.07 Å². The Bertz CT molecular complexity index is 1090. The number of aliphatic hydroxyl groups is 2. The zero-order valence-electron chi connectivity index (χ0n) is 14.3. The second-order valence-corrected chi connectivity index (χ2v) is 6.25. The molecule has 4 rings (SSSR count). The van der Waals surface area contributed by atoms with Gasteiger partial charge in [-0.25, -0.2) is 4.98 Å². The summed E-state index contributed by atoms with van der Waals surface area (Å²) in [6, 6.07) is 5.95. The van der Waals surface area contributed by atoms with E-state index in [0.29, 0.717) is 0 Å². The van der Waals surface area contributed by atoms with Crippen molar-refractivity contribution in [2.24, 2.45) is 0 Å². The molecule has 28 heavy (non-hydrogen) atoms. The highest BCUT2D eigenvalue weighted by Crippen LogP contribution is 2.31. The summed E-state index contributed by atoms with van der Waals surface area (Å²) in [5, 5.41) is 33.1. The number of para-hydroxylation sites is 2. The number of aliphatic hydroxyl groups excluding tert-OH is 2. The lowest BCUT2D eigenvalue weighted by molar-refractivity contribution is -0.383. The molecular weight excluding hydrogens is 372 g/mol. The summed E-state index contributed by atoms with van der Waals surface area (Å²) in [7, 11) is 0. The van der Waals surface area contributed by atoms with Crippen molar-refractivity contribution in [3.05, 3.63) is 51.1 Å². The molecule has 12 heteroatoms. The molecule has 4 N–H and O–H groups in total. The van der Waals surface area contributed by atoms with Crippen LogP contribution in [-0.4, -0.2) is 53.5 Å². The number of nitro groups is 1. The molecule has 146 valence electrons. The first kappa shape index (κ1) is 18.0. The molecule has 3 heterocycles. The minimum atomic E-state index is -0.862. The number of aromatic amines is 1. The van der Waals surface area contributed by atoms with Crippen LogP contribution < -0.4 is 10.9 Å². The SMILES string of the molecule is O=c1[nH]c(Nc2ccccc2[N+](=O)[O-])nc2c1ncn2[C@H]1C[C@H](O)[C@@H](CO)O1. The standard InChI is InChI=1S/C16H16N6O6/c23-6-11-10(24)5-12(28-11)21-7-17-13-14(21)19-16(20-15(13)25)18-8-3-1-2-4-9(8)22(26)27/h1-4,7,10-12,23-24H,5-6H2,(H2,18,19,20,25)/t10-,11+,12+/m0/s1. The van der Waals surface area contributed by atoms with Crippen LogP contribution in [0.4, 0.5) is 17.3 Å². The third-order valence-corrected chi connectivity index (χ3v) is 4.48. The summed E-state index contributed by atoms with van der Waals surface area (Å²) in [5.41, 5.74) is -0.318. The maximum Gasteiger partial charge on any atom is 0.292 e. The fourth-order valence-electron chi connectivity index (χ4n) is 3.11. The second kappa shape index (κ2) is 6.99. The Hall–Kier alpha value is -3.35. The molecule has 0 aliphatic carbocycles. The monoisotopic (exact) mass is 388 g/mol. The largest absolute Gasteiger partial charge is 0.394 e. The summed E-state index contributed by atoms with van der Waals surface area (Å²) in [6.45, 7) is -0.344. The number of hydrogen-bond acceptors (Lipinski definition) is 9. The van der Waals surface area contributed by atoms with Crippen molar-refractivity contribution in [2.75, 3.05) is 11.9 Å². The van der Waals surface area contributed by atoms with Crippen molar-refractivity contribution in [3.8, 4) is 0 Å². The number of aromatic nitrogens is 4. The Morgan fingerprint density at radius 1 is 1.43 bits per heavy atom. The number of hydrogen-bond donors (Lipinski definition) is 4.